The molecule has 0 aromatic heterocycles. The van der Waals surface area contributed by atoms with E-state index in [1.165, 1.54) is 25.7 Å². The van der Waals surface area contributed by atoms with Crippen molar-refractivity contribution in [3.63, 3.8) is 0 Å². The van der Waals surface area contributed by atoms with Crippen molar-refractivity contribution in [2.75, 3.05) is 26.7 Å². The van der Waals surface area contributed by atoms with E-state index in [9.17, 15) is 4.79 Å². The number of amides is 1. The molecule has 0 radical (unpaired) electrons. The van der Waals surface area contributed by atoms with Crippen LogP contribution in [0.1, 0.15) is 58.8 Å². The summed E-state index contributed by atoms with van der Waals surface area (Å²) in [6, 6.07) is 0.600. The summed E-state index contributed by atoms with van der Waals surface area (Å²) in [5.41, 5.74) is 5.70. The Kier molecular flexibility index (Phi) is 8.93. The molecule has 21 heavy (non-hydrogen) atoms. The lowest BCUT2D eigenvalue weighted by atomic mass is 9.80. The smallest absolute Gasteiger partial charge is 0.220 e. The van der Waals surface area contributed by atoms with E-state index in [-0.39, 0.29) is 5.91 Å². The van der Waals surface area contributed by atoms with Gasteiger partial charge in [0, 0.05) is 19.0 Å². The molecule has 0 aromatic rings. The van der Waals surface area contributed by atoms with Gasteiger partial charge in [-0.05, 0) is 84.3 Å². The molecule has 0 unspecified atom stereocenters. The number of unbranched alkanes of at least 4 members (excludes halogenated alkanes) is 1. The van der Waals surface area contributed by atoms with Crippen molar-refractivity contribution in [2.24, 2.45) is 17.6 Å². The lowest BCUT2D eigenvalue weighted by Gasteiger charge is -2.27. The summed E-state index contributed by atoms with van der Waals surface area (Å²) >= 11 is 0. The first kappa shape index (κ1) is 18.4. The largest absolute Gasteiger partial charge is 0.356 e. The van der Waals surface area contributed by atoms with Gasteiger partial charge < -0.3 is 16.0 Å². The Morgan fingerprint density at radius 2 is 1.81 bits per heavy atom. The Morgan fingerprint density at radius 3 is 2.38 bits per heavy atom. The normalized spacial score (nSPS) is 22.8. The van der Waals surface area contributed by atoms with E-state index in [0.29, 0.717) is 24.3 Å². The standard InChI is InChI=1S/C17H35N3O/c1-14(2)20(3)11-5-4-10-19-17(21)12-15-6-8-16(13-18)9-7-15/h14-16H,4-13,18H2,1-3H3,(H,19,21). The fourth-order valence-electron chi connectivity index (χ4n) is 2.98. The van der Waals surface area contributed by atoms with E-state index in [1.54, 1.807) is 0 Å². The van der Waals surface area contributed by atoms with E-state index < -0.39 is 0 Å². The quantitative estimate of drug-likeness (QED) is 0.642. The van der Waals surface area contributed by atoms with Crippen LogP contribution in [0.2, 0.25) is 0 Å². The summed E-state index contributed by atoms with van der Waals surface area (Å²) < 4.78 is 0. The number of nitrogens with two attached hydrogens (primary N) is 1. The zero-order valence-corrected chi connectivity index (χ0v) is 14.2. The SMILES string of the molecule is CC(C)N(C)CCCCNC(=O)CC1CCC(CN)CC1. The molecule has 0 atom stereocenters. The van der Waals surface area contributed by atoms with Gasteiger partial charge in [0.2, 0.25) is 5.91 Å². The van der Waals surface area contributed by atoms with E-state index in [2.05, 4.69) is 31.1 Å². The van der Waals surface area contributed by atoms with Gasteiger partial charge in [-0.3, -0.25) is 4.79 Å². The van der Waals surface area contributed by atoms with Gasteiger partial charge in [0.1, 0.15) is 0 Å². The van der Waals surface area contributed by atoms with Crippen LogP contribution in [-0.4, -0.2) is 43.5 Å². The second-order valence-corrected chi connectivity index (χ2v) is 6.96. The van der Waals surface area contributed by atoms with Crippen LogP contribution in [-0.2, 0) is 4.79 Å². The van der Waals surface area contributed by atoms with Crippen molar-refractivity contribution in [3.05, 3.63) is 0 Å². The molecule has 1 fully saturated rings. The van der Waals surface area contributed by atoms with E-state index in [0.717, 1.165) is 32.5 Å². The first-order valence-corrected chi connectivity index (χ1v) is 8.70. The number of nitrogens with one attached hydrogen (secondary N) is 1. The molecule has 4 nitrogen and oxygen atoms in total. The van der Waals surface area contributed by atoms with Crippen LogP contribution in [0.4, 0.5) is 0 Å². The van der Waals surface area contributed by atoms with Gasteiger partial charge in [0.15, 0.2) is 0 Å². The molecule has 1 aliphatic carbocycles. The molecule has 0 bridgehead atoms. The maximum Gasteiger partial charge on any atom is 0.220 e. The molecular weight excluding hydrogens is 262 g/mol. The highest BCUT2D eigenvalue weighted by Crippen LogP contribution is 2.29. The van der Waals surface area contributed by atoms with Crippen molar-refractivity contribution >= 4 is 5.91 Å². The highest BCUT2D eigenvalue weighted by molar-refractivity contribution is 5.76. The van der Waals surface area contributed by atoms with Crippen LogP contribution in [0.25, 0.3) is 0 Å². The van der Waals surface area contributed by atoms with Gasteiger partial charge in [-0.15, -0.1) is 0 Å². The second-order valence-electron chi connectivity index (χ2n) is 6.96. The number of carbonyl (C=O) groups excluding carboxylic acids is 1. The number of carbonyl (C=O) groups is 1. The third kappa shape index (κ3) is 7.82. The molecule has 0 saturated heterocycles. The molecule has 1 rings (SSSR count). The number of hydrogen-bond donors (Lipinski definition) is 2. The first-order valence-electron chi connectivity index (χ1n) is 8.70. The second kappa shape index (κ2) is 10.2. The van der Waals surface area contributed by atoms with Gasteiger partial charge in [-0.25, -0.2) is 0 Å². The molecule has 0 aromatic carbocycles. The van der Waals surface area contributed by atoms with Crippen molar-refractivity contribution in [2.45, 2.75) is 64.8 Å². The van der Waals surface area contributed by atoms with Gasteiger partial charge in [-0.1, -0.05) is 0 Å². The Bertz CT molecular complexity index is 286. The molecule has 1 saturated carbocycles. The van der Waals surface area contributed by atoms with Crippen molar-refractivity contribution < 1.29 is 4.79 Å². The van der Waals surface area contributed by atoms with Crippen LogP contribution in [0.15, 0.2) is 0 Å². The minimum atomic E-state index is 0.239. The van der Waals surface area contributed by atoms with Gasteiger partial charge >= 0.3 is 0 Å². The Labute approximate surface area is 130 Å². The van der Waals surface area contributed by atoms with Crippen LogP contribution in [0.5, 0.6) is 0 Å². The molecule has 4 heteroatoms. The number of hydrogen-bond acceptors (Lipinski definition) is 3. The fourth-order valence-corrected chi connectivity index (χ4v) is 2.98. The average molecular weight is 297 g/mol. The van der Waals surface area contributed by atoms with Gasteiger partial charge in [0.25, 0.3) is 0 Å². The molecule has 1 amide bonds. The van der Waals surface area contributed by atoms with E-state index in [1.807, 2.05) is 0 Å². The average Bonchev–Trinajstić information content (AvgIpc) is 2.47. The van der Waals surface area contributed by atoms with Crippen molar-refractivity contribution in [3.8, 4) is 0 Å². The third-order valence-electron chi connectivity index (χ3n) is 4.92. The molecule has 1 aliphatic rings. The highest BCUT2D eigenvalue weighted by Gasteiger charge is 2.21. The zero-order valence-electron chi connectivity index (χ0n) is 14.2. The monoisotopic (exact) mass is 297 g/mol. The van der Waals surface area contributed by atoms with E-state index in [4.69, 9.17) is 5.73 Å². The topological polar surface area (TPSA) is 58.4 Å². The summed E-state index contributed by atoms with van der Waals surface area (Å²) in [7, 11) is 2.15. The highest BCUT2D eigenvalue weighted by atomic mass is 16.1. The van der Waals surface area contributed by atoms with Gasteiger partial charge in [0.05, 0.1) is 0 Å². The summed E-state index contributed by atoms with van der Waals surface area (Å²) in [6.07, 6.45) is 7.69. The first-order chi connectivity index (χ1) is 10.0. The molecule has 0 spiro atoms. The third-order valence-corrected chi connectivity index (χ3v) is 4.92. The zero-order chi connectivity index (χ0) is 15.7. The summed E-state index contributed by atoms with van der Waals surface area (Å²) in [5.74, 6) is 1.52. The van der Waals surface area contributed by atoms with Crippen LogP contribution in [0, 0.1) is 11.8 Å². The molecule has 0 aliphatic heterocycles. The summed E-state index contributed by atoms with van der Waals surface area (Å²) in [5, 5.41) is 3.08. The Morgan fingerprint density at radius 1 is 1.19 bits per heavy atom. The Hall–Kier alpha value is -0.610. The minimum absolute atomic E-state index is 0.239. The van der Waals surface area contributed by atoms with Crippen LogP contribution in [0.3, 0.4) is 0 Å². The molecule has 124 valence electrons. The Balaban J connectivity index is 2.02. The van der Waals surface area contributed by atoms with Crippen LogP contribution < -0.4 is 11.1 Å². The summed E-state index contributed by atoms with van der Waals surface area (Å²) in [6.45, 7) is 7.16. The minimum Gasteiger partial charge on any atom is -0.356 e. The predicted octanol–water partition coefficient (Wildman–Crippen LogP) is 2.38. The van der Waals surface area contributed by atoms with Crippen molar-refractivity contribution in [1.82, 2.24) is 10.2 Å². The van der Waals surface area contributed by atoms with Crippen LogP contribution >= 0.6 is 0 Å². The number of rotatable bonds is 9. The number of nitrogens with zero attached hydrogens (tertiary/aromatic N) is 1. The fraction of sp³-hybridized carbons (Fsp3) is 0.941. The molecular formula is C17H35N3O. The lowest BCUT2D eigenvalue weighted by molar-refractivity contribution is -0.122. The van der Waals surface area contributed by atoms with E-state index >= 15 is 0 Å². The molecule has 0 heterocycles. The summed E-state index contributed by atoms with van der Waals surface area (Å²) in [4.78, 5) is 14.3. The maximum absolute atomic E-state index is 11.9. The lowest BCUT2D eigenvalue weighted by Crippen LogP contribution is -2.30. The van der Waals surface area contributed by atoms with Gasteiger partial charge in [-0.2, -0.15) is 0 Å². The van der Waals surface area contributed by atoms with Crippen molar-refractivity contribution in [1.29, 1.82) is 0 Å². The maximum atomic E-state index is 11.9. The molecule has 3 N–H and O–H groups in total. The predicted molar refractivity (Wildman–Crippen MR) is 89.1 cm³/mol.